The number of hydrogen-bond donors (Lipinski definition) is 3. The van der Waals surface area contributed by atoms with Gasteiger partial charge in [0.05, 0.1) is 5.56 Å². The van der Waals surface area contributed by atoms with E-state index in [4.69, 9.17) is 0 Å². The van der Waals surface area contributed by atoms with E-state index < -0.39 is 5.91 Å². The lowest BCUT2D eigenvalue weighted by Gasteiger charge is -2.09. The topological polar surface area (TPSA) is 91.3 Å². The van der Waals surface area contributed by atoms with E-state index in [2.05, 4.69) is 15.8 Å². The summed E-state index contributed by atoms with van der Waals surface area (Å²) in [5, 5.41) is 11.7. The van der Waals surface area contributed by atoms with E-state index in [0.717, 1.165) is 16.3 Å². The van der Waals surface area contributed by atoms with Crippen molar-refractivity contribution in [2.24, 2.45) is 0 Å². The van der Waals surface area contributed by atoms with Gasteiger partial charge in [0.2, 0.25) is 5.91 Å². The van der Waals surface area contributed by atoms with Gasteiger partial charge in [0, 0.05) is 18.8 Å². The molecule has 2 aromatic carbocycles. The zero-order valence-corrected chi connectivity index (χ0v) is 13.4. The summed E-state index contributed by atoms with van der Waals surface area (Å²) >= 11 is 0. The highest BCUT2D eigenvalue weighted by Crippen LogP contribution is 2.24. The zero-order chi connectivity index (χ0) is 17.6. The molecule has 126 valence electrons. The van der Waals surface area contributed by atoms with Crippen LogP contribution in [-0.2, 0) is 11.2 Å². The maximum Gasteiger partial charge on any atom is 0.273 e. The van der Waals surface area contributed by atoms with E-state index in [-0.39, 0.29) is 23.6 Å². The van der Waals surface area contributed by atoms with E-state index in [1.807, 2.05) is 30.3 Å². The molecular weight excluding hydrogens is 318 g/mol. The SMILES string of the molecule is O=C(CCc1cccnc1)NNC(=O)c1cc2ccccc2cc1O. The molecule has 25 heavy (non-hydrogen) atoms. The molecule has 0 fully saturated rings. The third-order valence-electron chi connectivity index (χ3n) is 3.79. The molecule has 0 radical (unpaired) electrons. The summed E-state index contributed by atoms with van der Waals surface area (Å²) in [5.74, 6) is -1.03. The van der Waals surface area contributed by atoms with Crippen LogP contribution in [0.2, 0.25) is 0 Å². The fraction of sp³-hybridized carbons (Fsp3) is 0.105. The second-order valence-corrected chi connectivity index (χ2v) is 5.58. The molecule has 0 spiro atoms. The predicted molar refractivity (Wildman–Crippen MR) is 93.8 cm³/mol. The lowest BCUT2D eigenvalue weighted by Crippen LogP contribution is -2.41. The molecule has 6 heteroatoms. The van der Waals surface area contributed by atoms with Gasteiger partial charge in [-0.25, -0.2) is 0 Å². The molecule has 3 rings (SSSR count). The number of amides is 2. The minimum atomic E-state index is -0.571. The summed E-state index contributed by atoms with van der Waals surface area (Å²) in [7, 11) is 0. The molecule has 0 saturated carbocycles. The Bertz CT molecular complexity index is 910. The average Bonchev–Trinajstić information content (AvgIpc) is 2.64. The molecule has 3 aromatic rings. The van der Waals surface area contributed by atoms with Gasteiger partial charge in [-0.15, -0.1) is 0 Å². The van der Waals surface area contributed by atoms with Crippen molar-refractivity contribution >= 4 is 22.6 Å². The normalized spacial score (nSPS) is 10.4. The molecule has 0 atom stereocenters. The van der Waals surface area contributed by atoms with E-state index in [1.165, 1.54) is 6.07 Å². The third-order valence-corrected chi connectivity index (χ3v) is 3.79. The Morgan fingerprint density at radius 2 is 1.76 bits per heavy atom. The van der Waals surface area contributed by atoms with Gasteiger partial charge in [-0.3, -0.25) is 25.4 Å². The van der Waals surface area contributed by atoms with Crippen molar-refractivity contribution in [3.05, 3.63) is 72.1 Å². The third kappa shape index (κ3) is 4.11. The van der Waals surface area contributed by atoms with Crippen LogP contribution in [0.5, 0.6) is 5.75 Å². The van der Waals surface area contributed by atoms with Crippen molar-refractivity contribution in [3.8, 4) is 5.75 Å². The van der Waals surface area contributed by atoms with Gasteiger partial charge in [-0.2, -0.15) is 0 Å². The van der Waals surface area contributed by atoms with Crippen LogP contribution >= 0.6 is 0 Å². The second-order valence-electron chi connectivity index (χ2n) is 5.58. The van der Waals surface area contributed by atoms with Crippen LogP contribution in [0.3, 0.4) is 0 Å². The number of carbonyl (C=O) groups is 2. The number of phenolic OH excluding ortho intramolecular Hbond substituents is 1. The molecule has 1 aromatic heterocycles. The van der Waals surface area contributed by atoms with Gasteiger partial charge >= 0.3 is 0 Å². The Balaban J connectivity index is 1.59. The lowest BCUT2D eigenvalue weighted by atomic mass is 10.1. The number of carbonyl (C=O) groups excluding carboxylic acids is 2. The summed E-state index contributed by atoms with van der Waals surface area (Å²) in [4.78, 5) is 28.0. The number of nitrogens with one attached hydrogen (secondary N) is 2. The number of hydrogen-bond acceptors (Lipinski definition) is 4. The quantitative estimate of drug-likeness (QED) is 0.638. The minimum absolute atomic E-state index is 0.103. The highest BCUT2D eigenvalue weighted by molar-refractivity contribution is 6.02. The number of aryl methyl sites for hydroxylation is 1. The number of benzene rings is 2. The van der Waals surface area contributed by atoms with Crippen LogP contribution in [-0.4, -0.2) is 21.9 Å². The first-order chi connectivity index (χ1) is 12.1. The molecule has 0 saturated heterocycles. The van der Waals surface area contributed by atoms with Crippen LogP contribution in [0, 0.1) is 0 Å². The first-order valence-corrected chi connectivity index (χ1v) is 7.83. The standard InChI is InChI=1S/C19H17N3O3/c23-17-11-15-6-2-1-5-14(15)10-16(17)19(25)22-21-18(24)8-7-13-4-3-9-20-12-13/h1-6,9-12,23H,7-8H2,(H,21,24)(H,22,25). The van der Waals surface area contributed by atoms with Crippen molar-refractivity contribution < 1.29 is 14.7 Å². The van der Waals surface area contributed by atoms with Gasteiger partial charge in [0.15, 0.2) is 0 Å². The van der Waals surface area contributed by atoms with E-state index in [0.29, 0.717) is 6.42 Å². The van der Waals surface area contributed by atoms with Gasteiger partial charge in [-0.05, 0) is 41.0 Å². The fourth-order valence-electron chi connectivity index (χ4n) is 2.47. The maximum absolute atomic E-state index is 12.2. The molecule has 6 nitrogen and oxygen atoms in total. The molecule has 0 aliphatic carbocycles. The van der Waals surface area contributed by atoms with Gasteiger partial charge < -0.3 is 5.11 Å². The number of pyridine rings is 1. The first kappa shape index (κ1) is 16.4. The Labute approximate surface area is 144 Å². The maximum atomic E-state index is 12.2. The monoisotopic (exact) mass is 335 g/mol. The molecule has 0 unspecified atom stereocenters. The molecule has 0 bridgehead atoms. The average molecular weight is 335 g/mol. The van der Waals surface area contributed by atoms with Crippen molar-refractivity contribution in [2.45, 2.75) is 12.8 Å². The highest BCUT2D eigenvalue weighted by Gasteiger charge is 2.13. The minimum Gasteiger partial charge on any atom is -0.507 e. The van der Waals surface area contributed by atoms with Crippen molar-refractivity contribution in [1.82, 2.24) is 15.8 Å². The van der Waals surface area contributed by atoms with E-state index >= 15 is 0 Å². The summed E-state index contributed by atoms with van der Waals surface area (Å²) in [6, 6.07) is 14.2. The van der Waals surface area contributed by atoms with E-state index in [1.54, 1.807) is 24.5 Å². The van der Waals surface area contributed by atoms with Crippen LogP contribution in [0.25, 0.3) is 10.8 Å². The smallest absolute Gasteiger partial charge is 0.273 e. The lowest BCUT2D eigenvalue weighted by molar-refractivity contribution is -0.121. The van der Waals surface area contributed by atoms with E-state index in [9.17, 15) is 14.7 Å². The summed E-state index contributed by atoms with van der Waals surface area (Å²) in [6.45, 7) is 0. The first-order valence-electron chi connectivity index (χ1n) is 7.83. The van der Waals surface area contributed by atoms with Crippen LogP contribution < -0.4 is 10.9 Å². The van der Waals surface area contributed by atoms with Crippen molar-refractivity contribution in [2.75, 3.05) is 0 Å². The van der Waals surface area contributed by atoms with Crippen LogP contribution in [0.4, 0.5) is 0 Å². The van der Waals surface area contributed by atoms with Crippen LogP contribution in [0.1, 0.15) is 22.3 Å². The number of nitrogens with zero attached hydrogens (tertiary/aromatic N) is 1. The Hall–Kier alpha value is -3.41. The zero-order valence-electron chi connectivity index (χ0n) is 13.4. The predicted octanol–water partition coefficient (Wildman–Crippen LogP) is 2.33. The number of fused-ring (bicyclic) bond motifs is 1. The molecule has 3 N–H and O–H groups in total. The van der Waals surface area contributed by atoms with Crippen molar-refractivity contribution in [1.29, 1.82) is 0 Å². The molecule has 2 amide bonds. The van der Waals surface area contributed by atoms with Crippen molar-refractivity contribution in [3.63, 3.8) is 0 Å². The Morgan fingerprint density at radius 3 is 2.48 bits per heavy atom. The fourth-order valence-corrected chi connectivity index (χ4v) is 2.47. The molecular formula is C19H17N3O3. The number of aromatic hydroxyl groups is 1. The summed E-state index contributed by atoms with van der Waals surface area (Å²) in [6.07, 6.45) is 4.10. The summed E-state index contributed by atoms with van der Waals surface area (Å²) in [5.41, 5.74) is 5.73. The largest absolute Gasteiger partial charge is 0.507 e. The number of hydrazine groups is 1. The number of rotatable bonds is 4. The highest BCUT2D eigenvalue weighted by atomic mass is 16.3. The molecule has 0 aliphatic heterocycles. The molecule has 0 aliphatic rings. The van der Waals surface area contributed by atoms with Gasteiger partial charge in [0.25, 0.3) is 5.91 Å². The Kier molecular flexibility index (Phi) is 4.89. The number of phenols is 1. The second kappa shape index (κ2) is 7.44. The summed E-state index contributed by atoms with van der Waals surface area (Å²) < 4.78 is 0. The van der Waals surface area contributed by atoms with Gasteiger partial charge in [-0.1, -0.05) is 30.3 Å². The molecule has 1 heterocycles. The Morgan fingerprint density at radius 1 is 1.00 bits per heavy atom. The van der Waals surface area contributed by atoms with Crippen LogP contribution in [0.15, 0.2) is 60.9 Å². The van der Waals surface area contributed by atoms with Gasteiger partial charge in [0.1, 0.15) is 5.75 Å². The number of aromatic nitrogens is 1.